The standard InChI is InChI=1S/C22H18FNO2/c1-17(16-25-20-8-4-2-5-9-20)22(26-21-10-6-3-7-11-21)24-19-14-12-18(23)13-15-19/h2-16H,1H3. The maximum Gasteiger partial charge on any atom is 0.225 e. The number of nitrogens with zero attached hydrogens (tertiary/aromatic N) is 1. The SMILES string of the molecule is CC(=COc1ccccc1)C(=Nc1ccc(F)cc1)Oc1ccccc1. The molecule has 0 amide bonds. The molecule has 4 heteroatoms. The van der Waals surface area contributed by atoms with E-state index in [2.05, 4.69) is 4.99 Å². The lowest BCUT2D eigenvalue weighted by molar-refractivity contribution is 0.473. The predicted molar refractivity (Wildman–Crippen MR) is 101 cm³/mol. The highest BCUT2D eigenvalue weighted by Gasteiger charge is 2.08. The second-order valence-corrected chi connectivity index (χ2v) is 5.54. The fraction of sp³-hybridized carbons (Fsp3) is 0.0455. The van der Waals surface area contributed by atoms with Crippen LogP contribution >= 0.6 is 0 Å². The summed E-state index contributed by atoms with van der Waals surface area (Å²) in [6, 6.07) is 24.7. The van der Waals surface area contributed by atoms with Crippen molar-refractivity contribution in [2.45, 2.75) is 6.92 Å². The van der Waals surface area contributed by atoms with Crippen molar-refractivity contribution in [3.05, 3.63) is 103 Å². The number of halogens is 1. The minimum absolute atomic E-state index is 0.311. The first-order chi connectivity index (χ1) is 12.7. The summed E-state index contributed by atoms with van der Waals surface area (Å²) in [5.74, 6) is 1.43. The van der Waals surface area contributed by atoms with E-state index in [9.17, 15) is 4.39 Å². The van der Waals surface area contributed by atoms with E-state index in [1.807, 2.05) is 67.6 Å². The van der Waals surface area contributed by atoms with E-state index in [4.69, 9.17) is 9.47 Å². The molecule has 130 valence electrons. The van der Waals surface area contributed by atoms with Crippen LogP contribution in [0.15, 0.2) is 102 Å². The topological polar surface area (TPSA) is 30.8 Å². The molecular formula is C22H18FNO2. The van der Waals surface area contributed by atoms with Crippen molar-refractivity contribution in [3.63, 3.8) is 0 Å². The Labute approximate surface area is 152 Å². The van der Waals surface area contributed by atoms with Gasteiger partial charge in [0.15, 0.2) is 0 Å². The molecule has 3 nitrogen and oxygen atoms in total. The van der Waals surface area contributed by atoms with Gasteiger partial charge in [0.25, 0.3) is 0 Å². The highest BCUT2D eigenvalue weighted by molar-refractivity contribution is 5.96. The summed E-state index contributed by atoms with van der Waals surface area (Å²) >= 11 is 0. The van der Waals surface area contributed by atoms with Gasteiger partial charge in [-0.25, -0.2) is 9.38 Å². The molecule has 0 unspecified atom stereocenters. The van der Waals surface area contributed by atoms with Crippen molar-refractivity contribution in [1.29, 1.82) is 0 Å². The molecular weight excluding hydrogens is 329 g/mol. The zero-order valence-corrected chi connectivity index (χ0v) is 14.3. The summed E-state index contributed by atoms with van der Waals surface area (Å²) in [5.41, 5.74) is 1.28. The molecule has 0 aliphatic rings. The quantitative estimate of drug-likeness (QED) is 0.326. The number of rotatable bonds is 5. The van der Waals surface area contributed by atoms with E-state index in [0.717, 1.165) is 0 Å². The van der Waals surface area contributed by atoms with E-state index in [0.29, 0.717) is 28.7 Å². The first kappa shape index (κ1) is 17.4. The summed E-state index contributed by atoms with van der Waals surface area (Å²) in [7, 11) is 0. The molecule has 0 N–H and O–H groups in total. The zero-order chi connectivity index (χ0) is 18.2. The van der Waals surface area contributed by atoms with Crippen LogP contribution in [-0.4, -0.2) is 5.90 Å². The summed E-state index contributed by atoms with van der Waals surface area (Å²) in [6.45, 7) is 1.84. The Morgan fingerprint density at radius 1 is 0.808 bits per heavy atom. The first-order valence-electron chi connectivity index (χ1n) is 8.17. The molecule has 3 rings (SSSR count). The smallest absolute Gasteiger partial charge is 0.225 e. The first-order valence-corrected chi connectivity index (χ1v) is 8.17. The minimum Gasteiger partial charge on any atom is -0.465 e. The molecule has 0 atom stereocenters. The monoisotopic (exact) mass is 347 g/mol. The number of aliphatic imine (C=N–C) groups is 1. The summed E-state index contributed by atoms with van der Waals surface area (Å²) < 4.78 is 24.7. The lowest BCUT2D eigenvalue weighted by Crippen LogP contribution is -2.10. The van der Waals surface area contributed by atoms with Gasteiger partial charge >= 0.3 is 0 Å². The van der Waals surface area contributed by atoms with E-state index in [-0.39, 0.29) is 5.82 Å². The number of hydrogen-bond donors (Lipinski definition) is 0. The summed E-state index contributed by atoms with van der Waals surface area (Å²) in [5, 5.41) is 0. The molecule has 3 aromatic carbocycles. The van der Waals surface area contributed by atoms with Crippen LogP contribution < -0.4 is 9.47 Å². The Balaban J connectivity index is 1.87. The van der Waals surface area contributed by atoms with Crippen molar-refractivity contribution in [2.24, 2.45) is 4.99 Å². The fourth-order valence-corrected chi connectivity index (χ4v) is 2.13. The molecule has 0 aliphatic heterocycles. The van der Waals surface area contributed by atoms with Crippen LogP contribution in [0.25, 0.3) is 0 Å². The van der Waals surface area contributed by atoms with Gasteiger partial charge in [-0.05, 0) is 55.5 Å². The van der Waals surface area contributed by atoms with Crippen molar-refractivity contribution in [1.82, 2.24) is 0 Å². The van der Waals surface area contributed by atoms with Crippen molar-refractivity contribution in [2.75, 3.05) is 0 Å². The third-order valence-corrected chi connectivity index (χ3v) is 3.47. The van der Waals surface area contributed by atoms with Crippen LogP contribution in [0, 0.1) is 5.82 Å². The van der Waals surface area contributed by atoms with E-state index in [1.54, 1.807) is 18.4 Å². The van der Waals surface area contributed by atoms with E-state index >= 15 is 0 Å². The highest BCUT2D eigenvalue weighted by Crippen LogP contribution is 2.18. The molecule has 0 fully saturated rings. The second kappa shape index (κ2) is 8.62. The number of para-hydroxylation sites is 2. The number of ether oxygens (including phenoxy) is 2. The molecule has 3 aromatic rings. The van der Waals surface area contributed by atoms with Gasteiger partial charge in [-0.15, -0.1) is 0 Å². The van der Waals surface area contributed by atoms with Crippen LogP contribution in [-0.2, 0) is 0 Å². The molecule has 26 heavy (non-hydrogen) atoms. The molecule has 0 saturated carbocycles. The molecule has 0 aromatic heterocycles. The Hall–Kier alpha value is -3.40. The molecule has 0 aliphatic carbocycles. The van der Waals surface area contributed by atoms with Crippen LogP contribution in [0.1, 0.15) is 6.92 Å². The number of benzene rings is 3. The van der Waals surface area contributed by atoms with Gasteiger partial charge in [0, 0.05) is 5.57 Å². The van der Waals surface area contributed by atoms with Gasteiger partial charge in [0.2, 0.25) is 5.90 Å². The molecule has 0 radical (unpaired) electrons. The maximum absolute atomic E-state index is 13.1. The third kappa shape index (κ3) is 5.05. The molecule has 0 spiro atoms. The van der Waals surface area contributed by atoms with Crippen LogP contribution in [0.3, 0.4) is 0 Å². The highest BCUT2D eigenvalue weighted by atomic mass is 19.1. The Bertz CT molecular complexity index is 888. The molecule has 0 heterocycles. The van der Waals surface area contributed by atoms with E-state index < -0.39 is 0 Å². The van der Waals surface area contributed by atoms with E-state index in [1.165, 1.54) is 12.1 Å². The Morgan fingerprint density at radius 3 is 2.00 bits per heavy atom. The van der Waals surface area contributed by atoms with Crippen molar-refractivity contribution in [3.8, 4) is 11.5 Å². The maximum atomic E-state index is 13.1. The minimum atomic E-state index is -0.311. The van der Waals surface area contributed by atoms with Gasteiger partial charge in [-0.3, -0.25) is 0 Å². The third-order valence-electron chi connectivity index (χ3n) is 3.47. The van der Waals surface area contributed by atoms with Gasteiger partial charge in [0.1, 0.15) is 17.3 Å². The zero-order valence-electron chi connectivity index (χ0n) is 14.3. The fourth-order valence-electron chi connectivity index (χ4n) is 2.13. The average Bonchev–Trinajstić information content (AvgIpc) is 2.69. The predicted octanol–water partition coefficient (Wildman–Crippen LogP) is 5.92. The van der Waals surface area contributed by atoms with Gasteiger partial charge in [-0.1, -0.05) is 36.4 Å². The van der Waals surface area contributed by atoms with Crippen LogP contribution in [0.5, 0.6) is 11.5 Å². The second-order valence-electron chi connectivity index (χ2n) is 5.54. The largest absolute Gasteiger partial charge is 0.465 e. The average molecular weight is 347 g/mol. The Morgan fingerprint density at radius 2 is 1.38 bits per heavy atom. The summed E-state index contributed by atoms with van der Waals surface area (Å²) in [6.07, 6.45) is 1.58. The normalized spacial score (nSPS) is 11.9. The van der Waals surface area contributed by atoms with Crippen molar-refractivity contribution < 1.29 is 13.9 Å². The van der Waals surface area contributed by atoms with Gasteiger partial charge < -0.3 is 9.47 Å². The number of hydrogen-bond acceptors (Lipinski definition) is 3. The van der Waals surface area contributed by atoms with Crippen molar-refractivity contribution >= 4 is 11.6 Å². The lowest BCUT2D eigenvalue weighted by atomic mass is 10.3. The van der Waals surface area contributed by atoms with Crippen LogP contribution in [0.4, 0.5) is 10.1 Å². The van der Waals surface area contributed by atoms with Gasteiger partial charge in [0.05, 0.1) is 11.9 Å². The molecule has 0 saturated heterocycles. The molecule has 0 bridgehead atoms. The van der Waals surface area contributed by atoms with Crippen LogP contribution in [0.2, 0.25) is 0 Å². The Kier molecular flexibility index (Phi) is 5.78. The van der Waals surface area contributed by atoms with Gasteiger partial charge in [-0.2, -0.15) is 0 Å². The lowest BCUT2D eigenvalue weighted by Gasteiger charge is -2.10. The summed E-state index contributed by atoms with van der Waals surface area (Å²) in [4.78, 5) is 4.49.